The van der Waals surface area contributed by atoms with Crippen LogP contribution in [0.2, 0.25) is 5.02 Å². The van der Waals surface area contributed by atoms with Crippen molar-refractivity contribution in [2.45, 2.75) is 0 Å². The lowest BCUT2D eigenvalue weighted by atomic mass is 10.2. The summed E-state index contributed by atoms with van der Waals surface area (Å²) in [4.78, 5) is 15.7. The first kappa shape index (κ1) is 16.5. The summed E-state index contributed by atoms with van der Waals surface area (Å²) in [5.74, 6) is -0.674. The van der Waals surface area contributed by atoms with E-state index in [-0.39, 0.29) is 5.57 Å². The lowest BCUT2D eigenvalue weighted by Crippen LogP contribution is -2.46. The van der Waals surface area contributed by atoms with Crippen LogP contribution in [0.15, 0.2) is 34.9 Å². The fourth-order valence-corrected chi connectivity index (χ4v) is 3.33. The molecule has 0 aromatic heterocycles. The van der Waals surface area contributed by atoms with Crippen molar-refractivity contribution in [3.05, 3.63) is 39.9 Å². The summed E-state index contributed by atoms with van der Waals surface area (Å²) in [7, 11) is 0. The fourth-order valence-electron chi connectivity index (χ4n) is 2.42. The molecule has 0 aliphatic carbocycles. The van der Waals surface area contributed by atoms with Crippen LogP contribution in [-0.2, 0) is 4.79 Å². The summed E-state index contributed by atoms with van der Waals surface area (Å²) >= 11 is 7.29. The van der Waals surface area contributed by atoms with Crippen LogP contribution in [0.5, 0.6) is 0 Å². The van der Waals surface area contributed by atoms with Crippen molar-refractivity contribution in [1.29, 1.82) is 5.26 Å². The predicted octanol–water partition coefficient (Wildman–Crippen LogP) is 2.05. The Morgan fingerprint density at radius 2 is 1.86 bits per heavy atom. The van der Waals surface area contributed by atoms with Gasteiger partial charge < -0.3 is 15.5 Å². The number of nitrogens with two attached hydrogens (primary N) is 1. The molecule has 5 nitrogen and oxygen atoms in total. The molecule has 0 unspecified atom stereocenters. The van der Waals surface area contributed by atoms with Crippen molar-refractivity contribution in [3.63, 3.8) is 0 Å². The Kier molecular flexibility index (Phi) is 5.58. The molecule has 1 fully saturated rings. The van der Waals surface area contributed by atoms with Crippen molar-refractivity contribution in [3.8, 4) is 6.07 Å². The van der Waals surface area contributed by atoms with Gasteiger partial charge in [0.25, 0.3) is 5.91 Å². The van der Waals surface area contributed by atoms with Gasteiger partial charge >= 0.3 is 0 Å². The third-order valence-corrected chi connectivity index (χ3v) is 4.63. The van der Waals surface area contributed by atoms with Crippen LogP contribution in [0, 0.1) is 11.3 Å². The minimum absolute atomic E-state index is 0.0347. The monoisotopic (exact) mass is 336 g/mol. The highest BCUT2D eigenvalue weighted by Gasteiger charge is 2.23. The molecule has 1 aliphatic heterocycles. The Balaban J connectivity index is 2.09. The maximum Gasteiger partial charge on any atom is 0.262 e. The van der Waals surface area contributed by atoms with Crippen molar-refractivity contribution in [1.82, 2.24) is 4.90 Å². The maximum atomic E-state index is 11.4. The number of primary amides is 1. The number of halogens is 1. The lowest BCUT2D eigenvalue weighted by Gasteiger charge is -2.38. The summed E-state index contributed by atoms with van der Waals surface area (Å²) in [6.07, 6.45) is 1.85. The number of nitrogens with zero attached hydrogens (tertiary/aromatic N) is 3. The van der Waals surface area contributed by atoms with Crippen LogP contribution < -0.4 is 10.6 Å². The number of anilines is 1. The van der Waals surface area contributed by atoms with Crippen LogP contribution in [0.1, 0.15) is 0 Å². The summed E-state index contributed by atoms with van der Waals surface area (Å²) in [5.41, 5.74) is 6.43. The molecule has 7 heteroatoms. The number of nitriles is 1. The topological polar surface area (TPSA) is 73.4 Å². The number of thioether (sulfide) groups is 1. The van der Waals surface area contributed by atoms with Crippen molar-refractivity contribution in [2.75, 3.05) is 37.3 Å². The molecule has 1 heterocycles. The first-order chi connectivity index (χ1) is 10.6. The van der Waals surface area contributed by atoms with Crippen LogP contribution in [0.3, 0.4) is 0 Å². The molecule has 1 amide bonds. The van der Waals surface area contributed by atoms with Gasteiger partial charge in [-0.3, -0.25) is 4.79 Å². The van der Waals surface area contributed by atoms with E-state index in [1.165, 1.54) is 11.8 Å². The second-order valence-electron chi connectivity index (χ2n) is 4.81. The highest BCUT2D eigenvalue weighted by molar-refractivity contribution is 8.02. The maximum absolute atomic E-state index is 11.4. The molecule has 116 valence electrons. The number of amides is 1. The van der Waals surface area contributed by atoms with E-state index in [1.807, 2.05) is 41.5 Å². The van der Waals surface area contributed by atoms with Crippen LogP contribution in [0.4, 0.5) is 5.69 Å². The van der Waals surface area contributed by atoms with Crippen molar-refractivity contribution >= 4 is 35.0 Å². The molecule has 2 rings (SSSR count). The zero-order chi connectivity index (χ0) is 16.1. The number of hydrogen-bond donors (Lipinski definition) is 1. The zero-order valence-electron chi connectivity index (χ0n) is 12.3. The van der Waals surface area contributed by atoms with Gasteiger partial charge in [-0.05, 0) is 30.5 Å². The molecule has 22 heavy (non-hydrogen) atoms. The van der Waals surface area contributed by atoms with Gasteiger partial charge in [0.2, 0.25) is 0 Å². The predicted molar refractivity (Wildman–Crippen MR) is 90.6 cm³/mol. The summed E-state index contributed by atoms with van der Waals surface area (Å²) in [5, 5.41) is 10.5. The van der Waals surface area contributed by atoms with E-state index in [1.54, 1.807) is 0 Å². The quantitative estimate of drug-likeness (QED) is 0.673. The molecule has 1 aliphatic rings. The average molecular weight is 337 g/mol. The Morgan fingerprint density at radius 1 is 1.27 bits per heavy atom. The van der Waals surface area contributed by atoms with Crippen LogP contribution in [-0.4, -0.2) is 43.2 Å². The van der Waals surface area contributed by atoms with Crippen LogP contribution in [0.25, 0.3) is 0 Å². The SMILES string of the molecule is CS/C(=C(\C#N)C(N)=O)N1CCN(c2ccc(Cl)cc2)CC1. The summed E-state index contributed by atoms with van der Waals surface area (Å²) < 4.78 is 0. The van der Waals surface area contributed by atoms with Gasteiger partial charge in [-0.15, -0.1) is 11.8 Å². The number of benzene rings is 1. The van der Waals surface area contributed by atoms with Gasteiger partial charge in [-0.1, -0.05) is 11.6 Å². The number of hydrogen-bond acceptors (Lipinski definition) is 5. The van der Waals surface area contributed by atoms with Crippen molar-refractivity contribution < 1.29 is 4.79 Å². The Labute approximate surface area is 139 Å². The first-order valence-corrected chi connectivity index (χ1v) is 8.40. The van der Waals surface area contributed by atoms with Gasteiger partial charge in [0.15, 0.2) is 0 Å². The van der Waals surface area contributed by atoms with Gasteiger partial charge in [-0.25, -0.2) is 0 Å². The van der Waals surface area contributed by atoms with Gasteiger partial charge in [0.1, 0.15) is 11.6 Å². The largest absolute Gasteiger partial charge is 0.368 e. The number of rotatable bonds is 4. The minimum Gasteiger partial charge on any atom is -0.368 e. The van der Waals surface area contributed by atoms with Gasteiger partial charge in [0.05, 0.1) is 5.03 Å². The van der Waals surface area contributed by atoms with Crippen molar-refractivity contribution in [2.24, 2.45) is 5.73 Å². The van der Waals surface area contributed by atoms with Crippen LogP contribution >= 0.6 is 23.4 Å². The second-order valence-corrected chi connectivity index (χ2v) is 6.04. The number of carbonyl (C=O) groups is 1. The normalized spacial score (nSPS) is 16.0. The molecule has 0 spiro atoms. The van der Waals surface area contributed by atoms with E-state index in [9.17, 15) is 4.79 Å². The van der Waals surface area contributed by atoms with Gasteiger partial charge in [-0.2, -0.15) is 5.26 Å². The highest BCUT2D eigenvalue weighted by atomic mass is 35.5. The summed E-state index contributed by atoms with van der Waals surface area (Å²) in [6, 6.07) is 9.64. The Bertz CT molecular complexity index is 615. The average Bonchev–Trinajstić information content (AvgIpc) is 2.53. The first-order valence-electron chi connectivity index (χ1n) is 6.80. The third-order valence-electron chi connectivity index (χ3n) is 3.52. The molecule has 2 N–H and O–H groups in total. The second kappa shape index (κ2) is 7.43. The molecule has 0 radical (unpaired) electrons. The van der Waals surface area contributed by atoms with E-state index in [2.05, 4.69) is 4.90 Å². The molecule has 0 saturated carbocycles. The fraction of sp³-hybridized carbons (Fsp3) is 0.333. The van der Waals surface area contributed by atoms with E-state index in [0.29, 0.717) is 5.03 Å². The highest BCUT2D eigenvalue weighted by Crippen LogP contribution is 2.25. The molecular weight excluding hydrogens is 320 g/mol. The van der Waals surface area contributed by atoms with Gasteiger partial charge in [0, 0.05) is 36.9 Å². The number of carbonyl (C=O) groups excluding carboxylic acids is 1. The third kappa shape index (κ3) is 3.67. The lowest BCUT2D eigenvalue weighted by molar-refractivity contribution is -0.114. The molecule has 1 aromatic carbocycles. The smallest absolute Gasteiger partial charge is 0.262 e. The minimum atomic E-state index is -0.674. The zero-order valence-corrected chi connectivity index (χ0v) is 13.8. The molecule has 1 aromatic rings. The van der Waals surface area contributed by atoms with E-state index in [0.717, 1.165) is 36.9 Å². The van der Waals surface area contributed by atoms with E-state index < -0.39 is 5.91 Å². The molecular formula is C15H17ClN4OS. The summed E-state index contributed by atoms with van der Waals surface area (Å²) in [6.45, 7) is 3.08. The standard InChI is InChI=1S/C15H17ClN4OS/c1-22-15(13(10-17)14(18)21)20-8-6-19(7-9-20)12-4-2-11(16)3-5-12/h2-5H,6-9H2,1H3,(H2,18,21)/b15-13+. The van der Waals surface area contributed by atoms with E-state index in [4.69, 9.17) is 22.6 Å². The molecule has 1 saturated heterocycles. The Morgan fingerprint density at radius 3 is 2.32 bits per heavy atom. The molecule has 0 atom stereocenters. The number of piperazine rings is 1. The van der Waals surface area contributed by atoms with E-state index >= 15 is 0 Å². The Hall–Kier alpha value is -1.84. The molecule has 0 bridgehead atoms.